The van der Waals surface area contributed by atoms with Crippen molar-refractivity contribution in [2.24, 2.45) is 0 Å². The first kappa shape index (κ1) is 24.1. The molecule has 0 spiro atoms. The lowest BCUT2D eigenvalue weighted by Crippen LogP contribution is -2.59. The van der Waals surface area contributed by atoms with E-state index in [1.54, 1.807) is 4.90 Å². The number of carbonyl (C=O) groups is 1. The number of nitrogens with one attached hydrogen (secondary N) is 1. The molecule has 0 radical (unpaired) electrons. The number of nitrogens with zero attached hydrogens (tertiary/aromatic N) is 2. The maximum Gasteiger partial charge on any atom is 0.341 e. The summed E-state index contributed by atoms with van der Waals surface area (Å²) in [6.07, 6.45) is 1.07. The topological polar surface area (TPSA) is 121 Å². The summed E-state index contributed by atoms with van der Waals surface area (Å²) in [5.41, 5.74) is 4.69. The van der Waals surface area contributed by atoms with Crippen molar-refractivity contribution in [3.8, 4) is 5.69 Å². The zero-order valence-electron chi connectivity index (χ0n) is 18.4. The van der Waals surface area contributed by atoms with E-state index in [1.807, 2.05) is 13.8 Å². The quantitative estimate of drug-likeness (QED) is 0.357. The molecule has 5 N–H and O–H groups in total. The number of aromatic carboxylic acids is 1. The third kappa shape index (κ3) is 4.04. The number of carboxylic acids is 1. The Kier molecular flexibility index (Phi) is 6.36. The molecule has 1 fully saturated rings. The monoisotopic (exact) mass is 536 g/mol. The second-order valence-corrected chi connectivity index (χ2v) is 9.34. The fraction of sp³-hybridized carbons (Fsp3) is 0.304. The largest absolute Gasteiger partial charge is 0.477 e. The second-order valence-electron chi connectivity index (χ2n) is 8.55. The molecule has 8 nitrogen and oxygen atoms in total. The molecule has 0 unspecified atom stereocenters. The molecule has 0 atom stereocenters. The minimum absolute atomic E-state index is 0.107. The van der Waals surface area contributed by atoms with Crippen LogP contribution < -0.4 is 21.4 Å². The molecule has 0 aliphatic carbocycles. The lowest BCUT2D eigenvalue weighted by molar-refractivity contribution is 0.0695. The Morgan fingerprint density at radius 3 is 2.53 bits per heavy atom. The Labute approximate surface area is 201 Å². The van der Waals surface area contributed by atoms with Gasteiger partial charge in [-0.1, -0.05) is 13.8 Å². The summed E-state index contributed by atoms with van der Waals surface area (Å²) in [6.45, 7) is 4.51. The lowest BCUT2D eigenvalue weighted by atomic mass is 10.0. The first-order chi connectivity index (χ1) is 16.0. The van der Waals surface area contributed by atoms with Gasteiger partial charge in [0, 0.05) is 36.9 Å². The van der Waals surface area contributed by atoms with Crippen LogP contribution in [0.3, 0.4) is 0 Å². The van der Waals surface area contributed by atoms with Crippen LogP contribution in [0.5, 0.6) is 0 Å². The molecule has 34 heavy (non-hydrogen) atoms. The van der Waals surface area contributed by atoms with Gasteiger partial charge in [-0.05, 0) is 34.1 Å². The van der Waals surface area contributed by atoms with Crippen molar-refractivity contribution < 1.29 is 23.8 Å². The van der Waals surface area contributed by atoms with E-state index in [0.717, 1.165) is 18.3 Å². The molecule has 1 saturated heterocycles. The van der Waals surface area contributed by atoms with E-state index in [0.29, 0.717) is 13.1 Å². The second kappa shape index (κ2) is 8.97. The van der Waals surface area contributed by atoms with Gasteiger partial charge in [-0.15, -0.1) is 0 Å². The third-order valence-electron chi connectivity index (χ3n) is 5.78. The third-order valence-corrected chi connectivity index (χ3v) is 6.53. The van der Waals surface area contributed by atoms with Crippen LogP contribution in [0.25, 0.3) is 16.6 Å². The molecule has 0 saturated carbocycles. The molecule has 3 aromatic rings. The van der Waals surface area contributed by atoms with E-state index in [-0.39, 0.29) is 50.1 Å². The van der Waals surface area contributed by atoms with Crippen LogP contribution in [0.2, 0.25) is 0 Å². The predicted octanol–water partition coefficient (Wildman–Crippen LogP) is 2.99. The maximum absolute atomic E-state index is 15.3. The fourth-order valence-electron chi connectivity index (χ4n) is 4.24. The van der Waals surface area contributed by atoms with Crippen LogP contribution in [-0.2, 0) is 6.61 Å². The smallest absolute Gasteiger partial charge is 0.341 e. The van der Waals surface area contributed by atoms with Crippen molar-refractivity contribution in [1.82, 2.24) is 9.88 Å². The van der Waals surface area contributed by atoms with E-state index in [2.05, 4.69) is 21.2 Å². The maximum atomic E-state index is 15.3. The number of hydrogen-bond donors (Lipinski definition) is 4. The highest BCUT2D eigenvalue weighted by Crippen LogP contribution is 2.39. The minimum Gasteiger partial charge on any atom is -0.477 e. The summed E-state index contributed by atoms with van der Waals surface area (Å²) >= 11 is 3.43. The number of halogens is 3. The van der Waals surface area contributed by atoms with Gasteiger partial charge in [0.1, 0.15) is 17.2 Å². The summed E-state index contributed by atoms with van der Waals surface area (Å²) in [5, 5.41) is 22.6. The number of aliphatic hydroxyl groups excluding tert-OH is 1. The number of benzene rings is 2. The SMILES string of the molecule is CC(C)NC1CN(c2c(F)cc3c(=O)c(C(=O)O)cn(-c4cc(N)c(F)cc4CO)c3c2Br)C1. The minimum atomic E-state index is -1.51. The Morgan fingerprint density at radius 2 is 1.94 bits per heavy atom. The van der Waals surface area contributed by atoms with Gasteiger partial charge in [0.25, 0.3) is 0 Å². The number of nitrogens with two attached hydrogens (primary N) is 1. The lowest BCUT2D eigenvalue weighted by Gasteiger charge is -2.43. The molecule has 2 aromatic carbocycles. The number of rotatable bonds is 6. The molecule has 4 rings (SSSR count). The molecule has 180 valence electrons. The Balaban J connectivity index is 2.01. The first-order valence-electron chi connectivity index (χ1n) is 10.5. The standard InChI is InChI=1S/C23H23BrF2N4O4/c1-10(2)28-12-6-29(7-12)21-16(26)4-13-20(19(21)24)30(8-14(22(13)32)23(33)34)18-5-17(27)15(25)3-11(18)9-31/h3-5,8,10,12,28,31H,6-7,9,27H2,1-2H3,(H,33,34). The van der Waals surface area contributed by atoms with Gasteiger partial charge in [-0.25, -0.2) is 13.6 Å². The van der Waals surface area contributed by atoms with Gasteiger partial charge in [0.05, 0.1) is 39.0 Å². The molecular weight excluding hydrogens is 514 g/mol. The number of hydrogen-bond acceptors (Lipinski definition) is 6. The number of aliphatic hydroxyl groups is 1. The van der Waals surface area contributed by atoms with Gasteiger partial charge in [-0.2, -0.15) is 0 Å². The first-order valence-corrected chi connectivity index (χ1v) is 11.3. The van der Waals surface area contributed by atoms with Crippen LogP contribution >= 0.6 is 15.9 Å². The summed E-state index contributed by atoms with van der Waals surface area (Å²) < 4.78 is 30.9. The predicted molar refractivity (Wildman–Crippen MR) is 129 cm³/mol. The fourth-order valence-corrected chi connectivity index (χ4v) is 5.09. The molecule has 1 aromatic heterocycles. The number of pyridine rings is 1. The van der Waals surface area contributed by atoms with Gasteiger partial charge < -0.3 is 30.7 Å². The zero-order valence-corrected chi connectivity index (χ0v) is 20.0. The highest BCUT2D eigenvalue weighted by atomic mass is 79.9. The van der Waals surface area contributed by atoms with Crippen LogP contribution in [0.4, 0.5) is 20.2 Å². The molecule has 0 bridgehead atoms. The van der Waals surface area contributed by atoms with E-state index in [9.17, 15) is 24.2 Å². The summed E-state index contributed by atoms with van der Waals surface area (Å²) in [5.74, 6) is -2.95. The van der Waals surface area contributed by atoms with Crippen molar-refractivity contribution in [3.05, 3.63) is 61.9 Å². The van der Waals surface area contributed by atoms with Gasteiger partial charge >= 0.3 is 5.97 Å². The number of nitrogen functional groups attached to an aromatic ring is 1. The average molecular weight is 537 g/mol. The Hall–Kier alpha value is -3.02. The van der Waals surface area contributed by atoms with Gasteiger partial charge in [0.15, 0.2) is 0 Å². The summed E-state index contributed by atoms with van der Waals surface area (Å²) in [4.78, 5) is 26.5. The Bertz CT molecular complexity index is 1370. The van der Waals surface area contributed by atoms with Gasteiger partial charge in [0.2, 0.25) is 5.43 Å². The van der Waals surface area contributed by atoms with Crippen LogP contribution in [0, 0.1) is 11.6 Å². The van der Waals surface area contributed by atoms with Crippen molar-refractivity contribution in [2.75, 3.05) is 23.7 Å². The molecular formula is C23H23BrF2N4O4. The van der Waals surface area contributed by atoms with E-state index in [4.69, 9.17) is 5.73 Å². The van der Waals surface area contributed by atoms with Crippen molar-refractivity contribution in [3.63, 3.8) is 0 Å². The zero-order chi connectivity index (χ0) is 24.9. The number of aromatic nitrogens is 1. The van der Waals surface area contributed by atoms with Crippen LogP contribution in [0.1, 0.15) is 29.8 Å². The number of anilines is 2. The van der Waals surface area contributed by atoms with E-state index in [1.165, 1.54) is 10.6 Å². The molecule has 2 heterocycles. The van der Waals surface area contributed by atoms with Gasteiger partial charge in [-0.3, -0.25) is 4.79 Å². The van der Waals surface area contributed by atoms with Crippen molar-refractivity contribution in [1.29, 1.82) is 0 Å². The van der Waals surface area contributed by atoms with Crippen LogP contribution in [0.15, 0.2) is 33.7 Å². The molecule has 1 aliphatic heterocycles. The van der Waals surface area contributed by atoms with E-state index < -0.39 is 35.2 Å². The summed E-state index contributed by atoms with van der Waals surface area (Å²) in [6, 6.07) is 3.70. The average Bonchev–Trinajstić information content (AvgIpc) is 2.73. The molecule has 11 heteroatoms. The Morgan fingerprint density at radius 1 is 1.26 bits per heavy atom. The van der Waals surface area contributed by atoms with E-state index >= 15 is 4.39 Å². The highest BCUT2D eigenvalue weighted by Gasteiger charge is 2.32. The van der Waals surface area contributed by atoms with Crippen LogP contribution in [-0.4, -0.2) is 45.9 Å². The molecule has 0 amide bonds. The molecule has 1 aliphatic rings. The van der Waals surface area contributed by atoms with Crippen molar-refractivity contribution in [2.45, 2.75) is 32.5 Å². The summed E-state index contributed by atoms with van der Waals surface area (Å²) in [7, 11) is 0. The normalized spacial score (nSPS) is 14.1. The van der Waals surface area contributed by atoms with Crippen molar-refractivity contribution >= 4 is 44.2 Å². The number of carboxylic acid groups (broad SMARTS) is 1. The highest BCUT2D eigenvalue weighted by molar-refractivity contribution is 9.10. The number of fused-ring (bicyclic) bond motifs is 1.